The number of hydrogen-bond acceptors (Lipinski definition) is 6. The van der Waals surface area contributed by atoms with Crippen molar-refractivity contribution in [3.8, 4) is 5.75 Å². The lowest BCUT2D eigenvalue weighted by Crippen LogP contribution is -2.52. The molecule has 0 spiro atoms. The molecule has 1 aliphatic carbocycles. The fourth-order valence-electron chi connectivity index (χ4n) is 6.84. The van der Waals surface area contributed by atoms with Gasteiger partial charge in [0, 0.05) is 42.7 Å². The molecule has 13 heteroatoms. The molecule has 3 aliphatic rings. The van der Waals surface area contributed by atoms with Crippen LogP contribution in [-0.4, -0.2) is 67.3 Å². The van der Waals surface area contributed by atoms with Crippen molar-refractivity contribution in [1.29, 1.82) is 0 Å². The van der Waals surface area contributed by atoms with Crippen LogP contribution in [0, 0.1) is 11.3 Å². The average molecular weight is 622 g/mol. The van der Waals surface area contributed by atoms with Crippen LogP contribution < -0.4 is 4.74 Å². The fourth-order valence-corrected chi connectivity index (χ4v) is 7.10. The summed E-state index contributed by atoms with van der Waals surface area (Å²) in [5.41, 5.74) is -0.162. The van der Waals surface area contributed by atoms with Gasteiger partial charge in [-0.15, -0.1) is 5.10 Å². The lowest BCUT2D eigenvalue weighted by atomic mass is 9.66. The molecule has 1 saturated heterocycles. The Hall–Kier alpha value is -3.28. The second-order valence-corrected chi connectivity index (χ2v) is 12.7. The predicted octanol–water partition coefficient (Wildman–Crippen LogP) is 5.36. The van der Waals surface area contributed by atoms with Gasteiger partial charge in [0.2, 0.25) is 11.8 Å². The molecule has 2 amide bonds. The maximum absolute atomic E-state index is 14.3. The highest BCUT2D eigenvalue weighted by atomic mass is 35.5. The van der Waals surface area contributed by atoms with Crippen LogP contribution in [0.15, 0.2) is 12.1 Å². The molecule has 1 aromatic carbocycles. The molecule has 1 aromatic heterocycles. The molecule has 234 valence electrons. The first-order chi connectivity index (χ1) is 20.4. The van der Waals surface area contributed by atoms with E-state index >= 15 is 0 Å². The number of aromatic nitrogens is 3. The van der Waals surface area contributed by atoms with Crippen LogP contribution >= 0.6 is 11.6 Å². The maximum atomic E-state index is 14.3. The Labute approximate surface area is 254 Å². The number of hydrogen-bond donors (Lipinski definition) is 1. The number of rotatable bonds is 9. The fraction of sp³-hybridized carbons (Fsp3) is 0.633. The van der Waals surface area contributed by atoms with Crippen molar-refractivity contribution in [2.75, 3.05) is 19.6 Å². The van der Waals surface area contributed by atoms with E-state index in [1.54, 1.807) is 42.7 Å². The summed E-state index contributed by atoms with van der Waals surface area (Å²) in [7, 11) is 0. The number of halogens is 3. The molecule has 2 aromatic rings. The third-order valence-corrected chi connectivity index (χ3v) is 9.63. The number of carboxylic acid groups (broad SMARTS) is 1. The van der Waals surface area contributed by atoms with Gasteiger partial charge in [0.05, 0.1) is 17.4 Å². The highest BCUT2D eigenvalue weighted by Gasteiger charge is 2.50. The standard InChI is InChI=1S/C30H38ClF2N5O5/c1-17(2)38-26(27(32)33)21(34-35-38)16-43-23-10-9-20(31)18-11-14-37(22(25(18)23)15-36-13-6-8-24(36)39)28(40)19-7-4-5-12-30(19,3)29(41)42/h9-10,17,19,22,27H,4-8,11-16H2,1-3H3,(H,41,42)/t19?,22-,30-/m1/s1. The summed E-state index contributed by atoms with van der Waals surface area (Å²) in [5.74, 6) is -1.66. The van der Waals surface area contributed by atoms with Crippen LogP contribution in [0.5, 0.6) is 5.75 Å². The Kier molecular flexibility index (Phi) is 8.97. The SMILES string of the molecule is CC(C)n1nnc(COc2ccc(Cl)c3c2[C@@H](CN2CCCC2=O)N(C(=O)C2CCCC[C@@]2(C)C(=O)O)CC3)c1C(F)F. The van der Waals surface area contributed by atoms with E-state index in [0.29, 0.717) is 61.5 Å². The minimum atomic E-state index is -2.81. The molecule has 0 bridgehead atoms. The van der Waals surface area contributed by atoms with E-state index in [1.165, 1.54) is 4.68 Å². The number of carbonyl (C=O) groups is 3. The van der Waals surface area contributed by atoms with E-state index in [-0.39, 0.29) is 42.4 Å². The van der Waals surface area contributed by atoms with Crippen molar-refractivity contribution in [2.24, 2.45) is 11.3 Å². The van der Waals surface area contributed by atoms with Crippen molar-refractivity contribution < 1.29 is 33.0 Å². The van der Waals surface area contributed by atoms with Crippen molar-refractivity contribution in [1.82, 2.24) is 24.8 Å². The minimum Gasteiger partial charge on any atom is -0.487 e. The van der Waals surface area contributed by atoms with Gasteiger partial charge in [-0.1, -0.05) is 29.7 Å². The Bertz CT molecular complexity index is 1400. The van der Waals surface area contributed by atoms with Crippen molar-refractivity contribution in [3.05, 3.63) is 39.7 Å². The summed E-state index contributed by atoms with van der Waals surface area (Å²) in [6.07, 6.45) is 1.05. The van der Waals surface area contributed by atoms with Crippen LogP contribution in [0.2, 0.25) is 5.02 Å². The van der Waals surface area contributed by atoms with Gasteiger partial charge in [0.25, 0.3) is 6.43 Å². The van der Waals surface area contributed by atoms with Gasteiger partial charge in [-0.2, -0.15) is 0 Å². The Morgan fingerprint density at radius 1 is 1.19 bits per heavy atom. The van der Waals surface area contributed by atoms with Gasteiger partial charge in [-0.25, -0.2) is 13.5 Å². The van der Waals surface area contributed by atoms with Gasteiger partial charge in [-0.3, -0.25) is 14.4 Å². The van der Waals surface area contributed by atoms with E-state index in [2.05, 4.69) is 10.3 Å². The minimum absolute atomic E-state index is 0.00171. The number of benzene rings is 1. The van der Waals surface area contributed by atoms with E-state index in [1.807, 2.05) is 0 Å². The molecule has 2 aliphatic heterocycles. The molecule has 1 N–H and O–H groups in total. The zero-order valence-corrected chi connectivity index (χ0v) is 25.4. The number of fused-ring (bicyclic) bond motifs is 1. The largest absolute Gasteiger partial charge is 0.487 e. The summed E-state index contributed by atoms with van der Waals surface area (Å²) >= 11 is 6.67. The number of nitrogens with zero attached hydrogens (tertiary/aromatic N) is 5. The van der Waals surface area contributed by atoms with Crippen molar-refractivity contribution in [3.63, 3.8) is 0 Å². The number of likely N-dealkylation sites (tertiary alicyclic amines) is 1. The summed E-state index contributed by atoms with van der Waals surface area (Å²) < 4.78 is 35.3. The zero-order chi connectivity index (χ0) is 31.1. The quantitative estimate of drug-likeness (QED) is 0.401. The molecule has 5 rings (SSSR count). The van der Waals surface area contributed by atoms with Gasteiger partial charge >= 0.3 is 5.97 Å². The Morgan fingerprint density at radius 3 is 2.60 bits per heavy atom. The van der Waals surface area contributed by atoms with Crippen molar-refractivity contribution >= 4 is 29.4 Å². The van der Waals surface area contributed by atoms with E-state index in [0.717, 1.165) is 18.4 Å². The molecular weight excluding hydrogens is 584 g/mol. The molecule has 3 heterocycles. The average Bonchev–Trinajstić information content (AvgIpc) is 3.59. The van der Waals surface area contributed by atoms with Gasteiger partial charge in [-0.05, 0) is 64.2 Å². The van der Waals surface area contributed by atoms with E-state index in [4.69, 9.17) is 16.3 Å². The van der Waals surface area contributed by atoms with Crippen LogP contribution in [0.1, 0.15) is 100 Å². The molecule has 1 saturated carbocycles. The summed E-state index contributed by atoms with van der Waals surface area (Å²) in [4.78, 5) is 42.8. The zero-order valence-electron chi connectivity index (χ0n) is 24.7. The third kappa shape index (κ3) is 5.82. The molecule has 43 heavy (non-hydrogen) atoms. The van der Waals surface area contributed by atoms with Crippen molar-refractivity contribution in [2.45, 2.75) is 90.8 Å². The molecule has 2 fully saturated rings. The number of aliphatic carboxylic acids is 1. The first-order valence-corrected chi connectivity index (χ1v) is 15.3. The molecular formula is C30H38ClF2N5O5. The van der Waals surface area contributed by atoms with Gasteiger partial charge in [0.1, 0.15) is 23.7 Å². The highest BCUT2D eigenvalue weighted by Crippen LogP contribution is 2.46. The number of carboxylic acids is 1. The lowest BCUT2D eigenvalue weighted by molar-refractivity contribution is -0.162. The van der Waals surface area contributed by atoms with E-state index < -0.39 is 29.8 Å². The highest BCUT2D eigenvalue weighted by molar-refractivity contribution is 6.31. The number of amides is 2. The number of alkyl halides is 2. The first-order valence-electron chi connectivity index (χ1n) is 14.9. The molecule has 3 atom stereocenters. The lowest BCUT2D eigenvalue weighted by Gasteiger charge is -2.45. The monoisotopic (exact) mass is 621 g/mol. The topological polar surface area (TPSA) is 118 Å². The summed E-state index contributed by atoms with van der Waals surface area (Å²) in [6.45, 7) is 5.85. The predicted molar refractivity (Wildman–Crippen MR) is 153 cm³/mol. The number of carbonyl (C=O) groups excluding carboxylic acids is 2. The van der Waals surface area contributed by atoms with Gasteiger partial charge in [0.15, 0.2) is 0 Å². The Balaban J connectivity index is 1.53. The number of ether oxygens (including phenoxy) is 1. The smallest absolute Gasteiger partial charge is 0.310 e. The van der Waals surface area contributed by atoms with Crippen LogP contribution in [0.3, 0.4) is 0 Å². The second kappa shape index (κ2) is 12.4. The van der Waals surface area contributed by atoms with Gasteiger partial charge < -0.3 is 19.6 Å². The normalized spacial score (nSPS) is 24.1. The summed E-state index contributed by atoms with van der Waals surface area (Å²) in [6, 6.07) is 2.33. The second-order valence-electron chi connectivity index (χ2n) is 12.2. The van der Waals surface area contributed by atoms with Crippen LogP contribution in [-0.2, 0) is 27.4 Å². The maximum Gasteiger partial charge on any atom is 0.310 e. The van der Waals surface area contributed by atoms with Crippen LogP contribution in [0.25, 0.3) is 0 Å². The first kappa shape index (κ1) is 31.2. The molecule has 10 nitrogen and oxygen atoms in total. The molecule has 0 radical (unpaired) electrons. The summed E-state index contributed by atoms with van der Waals surface area (Å²) in [5, 5.41) is 18.5. The van der Waals surface area contributed by atoms with E-state index in [9.17, 15) is 28.3 Å². The third-order valence-electron chi connectivity index (χ3n) is 9.28. The Morgan fingerprint density at radius 2 is 1.95 bits per heavy atom. The van der Waals surface area contributed by atoms with Crippen LogP contribution in [0.4, 0.5) is 8.78 Å². The molecule has 1 unspecified atom stereocenters.